The van der Waals surface area contributed by atoms with Crippen LogP contribution in [0.3, 0.4) is 0 Å². The molecule has 130 valence electrons. The largest absolute Gasteiger partial charge is 0.508 e. The van der Waals surface area contributed by atoms with Gasteiger partial charge < -0.3 is 15.3 Å². The maximum Gasteiger partial charge on any atom is 0.255 e. The zero-order valence-corrected chi connectivity index (χ0v) is 14.7. The third kappa shape index (κ3) is 3.96. The van der Waals surface area contributed by atoms with Crippen LogP contribution < -0.4 is 5.32 Å². The van der Waals surface area contributed by atoms with Gasteiger partial charge in [-0.2, -0.15) is 0 Å². The van der Waals surface area contributed by atoms with Crippen molar-refractivity contribution in [1.82, 2.24) is 10.2 Å². The molecule has 2 aromatic carbocycles. The second-order valence-electron chi connectivity index (χ2n) is 5.98. The van der Waals surface area contributed by atoms with Crippen molar-refractivity contribution in [3.63, 3.8) is 0 Å². The standard InChI is InChI=1S/C19H20N2O3S/c1-13(14-5-3-2-4-6-14)20-18(23)17-11-25-12-21(17)19(24)15-7-9-16(22)10-8-15/h2-10,13,17,22H,11-12H2,1H3,(H,20,23)/t13?,17-/m0/s1. The van der Waals surface area contributed by atoms with E-state index in [1.807, 2.05) is 37.3 Å². The van der Waals surface area contributed by atoms with Gasteiger partial charge in [-0.3, -0.25) is 9.59 Å². The highest BCUT2D eigenvalue weighted by molar-refractivity contribution is 7.99. The summed E-state index contributed by atoms with van der Waals surface area (Å²) >= 11 is 1.56. The Hall–Kier alpha value is -2.47. The molecule has 1 aliphatic heterocycles. The summed E-state index contributed by atoms with van der Waals surface area (Å²) in [6, 6.07) is 15.2. The van der Waals surface area contributed by atoms with Gasteiger partial charge in [-0.25, -0.2) is 0 Å². The van der Waals surface area contributed by atoms with E-state index >= 15 is 0 Å². The summed E-state index contributed by atoms with van der Waals surface area (Å²) in [6.07, 6.45) is 0. The summed E-state index contributed by atoms with van der Waals surface area (Å²) in [7, 11) is 0. The van der Waals surface area contributed by atoms with Crippen molar-refractivity contribution in [1.29, 1.82) is 0 Å². The predicted octanol–water partition coefficient (Wildman–Crippen LogP) is 2.78. The Labute approximate surface area is 151 Å². The maximum absolute atomic E-state index is 12.7. The number of phenolic OH excluding ortho intramolecular Hbond substituents is 1. The van der Waals surface area contributed by atoms with Crippen molar-refractivity contribution < 1.29 is 14.7 Å². The topological polar surface area (TPSA) is 69.6 Å². The summed E-state index contributed by atoms with van der Waals surface area (Å²) in [5.74, 6) is 0.832. The number of rotatable bonds is 4. The van der Waals surface area contributed by atoms with Crippen LogP contribution in [-0.4, -0.2) is 39.5 Å². The zero-order chi connectivity index (χ0) is 17.8. The molecule has 0 aliphatic carbocycles. The number of benzene rings is 2. The molecule has 2 N–H and O–H groups in total. The first kappa shape index (κ1) is 17.4. The summed E-state index contributed by atoms with van der Waals surface area (Å²) in [5.41, 5.74) is 1.49. The fraction of sp³-hybridized carbons (Fsp3) is 0.263. The first-order valence-electron chi connectivity index (χ1n) is 8.09. The van der Waals surface area contributed by atoms with Crippen molar-refractivity contribution in [2.75, 3.05) is 11.6 Å². The number of nitrogens with zero attached hydrogens (tertiary/aromatic N) is 1. The smallest absolute Gasteiger partial charge is 0.255 e. The molecule has 0 aromatic heterocycles. The lowest BCUT2D eigenvalue weighted by atomic mass is 10.1. The highest BCUT2D eigenvalue weighted by Crippen LogP contribution is 2.25. The fourth-order valence-corrected chi connectivity index (χ4v) is 3.92. The van der Waals surface area contributed by atoms with Gasteiger partial charge in [-0.1, -0.05) is 30.3 Å². The van der Waals surface area contributed by atoms with E-state index in [1.54, 1.807) is 28.8 Å². The number of nitrogens with one attached hydrogen (secondary N) is 1. The molecule has 1 aliphatic rings. The number of carbonyl (C=O) groups excluding carboxylic acids is 2. The molecule has 0 saturated carbocycles. The third-order valence-corrected chi connectivity index (χ3v) is 5.23. The average molecular weight is 356 g/mol. The first-order chi connectivity index (χ1) is 12.1. The Morgan fingerprint density at radius 3 is 2.52 bits per heavy atom. The fourth-order valence-electron chi connectivity index (χ4n) is 2.76. The second kappa shape index (κ2) is 7.61. The molecule has 2 aromatic rings. The van der Waals surface area contributed by atoms with Gasteiger partial charge in [0.2, 0.25) is 5.91 Å². The summed E-state index contributed by atoms with van der Waals surface area (Å²) in [6.45, 7) is 1.93. The van der Waals surface area contributed by atoms with E-state index in [0.717, 1.165) is 5.56 Å². The van der Waals surface area contributed by atoms with Crippen LogP contribution in [0, 0.1) is 0 Å². The van der Waals surface area contributed by atoms with Crippen molar-refractivity contribution in [2.45, 2.75) is 19.0 Å². The van der Waals surface area contributed by atoms with E-state index in [1.165, 1.54) is 12.1 Å². The van der Waals surface area contributed by atoms with Crippen LogP contribution in [0.5, 0.6) is 5.75 Å². The Bertz CT molecular complexity index is 749. The molecule has 0 bridgehead atoms. The molecule has 2 amide bonds. The van der Waals surface area contributed by atoms with Gasteiger partial charge in [-0.05, 0) is 36.8 Å². The Kier molecular flexibility index (Phi) is 5.28. The normalized spacial score (nSPS) is 18.0. The number of thioether (sulfide) groups is 1. The van der Waals surface area contributed by atoms with Crippen LogP contribution >= 0.6 is 11.8 Å². The molecular formula is C19H20N2O3S. The van der Waals surface area contributed by atoms with Crippen LogP contribution in [-0.2, 0) is 4.79 Å². The lowest BCUT2D eigenvalue weighted by Gasteiger charge is -2.25. The molecule has 1 unspecified atom stereocenters. The molecule has 1 heterocycles. The molecule has 3 rings (SSSR count). The van der Waals surface area contributed by atoms with Crippen LogP contribution in [0.4, 0.5) is 0 Å². The van der Waals surface area contributed by atoms with Gasteiger partial charge in [0.25, 0.3) is 5.91 Å². The lowest BCUT2D eigenvalue weighted by Crippen LogP contribution is -2.47. The van der Waals surface area contributed by atoms with Gasteiger partial charge in [0, 0.05) is 11.3 Å². The van der Waals surface area contributed by atoms with E-state index < -0.39 is 6.04 Å². The minimum absolute atomic E-state index is 0.110. The van der Waals surface area contributed by atoms with Gasteiger partial charge in [0.05, 0.1) is 11.9 Å². The van der Waals surface area contributed by atoms with E-state index in [9.17, 15) is 14.7 Å². The van der Waals surface area contributed by atoms with Crippen molar-refractivity contribution in [3.8, 4) is 5.75 Å². The first-order valence-corrected chi connectivity index (χ1v) is 9.25. The number of hydrogen-bond donors (Lipinski definition) is 2. The van der Waals surface area contributed by atoms with Crippen LogP contribution in [0.1, 0.15) is 28.9 Å². The van der Waals surface area contributed by atoms with Crippen LogP contribution in [0.25, 0.3) is 0 Å². The maximum atomic E-state index is 12.7. The van der Waals surface area contributed by atoms with Crippen LogP contribution in [0.2, 0.25) is 0 Å². The number of hydrogen-bond acceptors (Lipinski definition) is 4. The molecule has 6 heteroatoms. The molecule has 0 spiro atoms. The quantitative estimate of drug-likeness (QED) is 0.884. The lowest BCUT2D eigenvalue weighted by molar-refractivity contribution is -0.125. The molecule has 1 saturated heterocycles. The molecule has 0 radical (unpaired) electrons. The van der Waals surface area contributed by atoms with Gasteiger partial charge in [0.1, 0.15) is 11.8 Å². The monoisotopic (exact) mass is 356 g/mol. The number of aromatic hydroxyl groups is 1. The zero-order valence-electron chi connectivity index (χ0n) is 13.9. The van der Waals surface area contributed by atoms with Crippen molar-refractivity contribution in [2.24, 2.45) is 0 Å². The molecule has 1 fully saturated rings. The van der Waals surface area contributed by atoms with E-state index in [4.69, 9.17) is 0 Å². The summed E-state index contributed by atoms with van der Waals surface area (Å²) < 4.78 is 0. The number of phenols is 1. The highest BCUT2D eigenvalue weighted by Gasteiger charge is 2.35. The number of amides is 2. The highest BCUT2D eigenvalue weighted by atomic mass is 32.2. The molecule has 5 nitrogen and oxygen atoms in total. The van der Waals surface area contributed by atoms with E-state index in [2.05, 4.69) is 5.32 Å². The Balaban J connectivity index is 1.69. The second-order valence-corrected chi connectivity index (χ2v) is 6.98. The summed E-state index contributed by atoms with van der Waals surface area (Å²) in [5, 5.41) is 12.4. The van der Waals surface area contributed by atoms with Gasteiger partial charge in [-0.15, -0.1) is 11.8 Å². The number of carbonyl (C=O) groups is 2. The Morgan fingerprint density at radius 1 is 1.16 bits per heavy atom. The van der Waals surface area contributed by atoms with Crippen LogP contribution in [0.15, 0.2) is 54.6 Å². The van der Waals surface area contributed by atoms with E-state index in [-0.39, 0.29) is 23.6 Å². The van der Waals surface area contributed by atoms with Crippen molar-refractivity contribution >= 4 is 23.6 Å². The Morgan fingerprint density at radius 2 is 1.84 bits per heavy atom. The SMILES string of the molecule is CC(NC(=O)[C@@H]1CSCN1C(=O)c1ccc(O)cc1)c1ccccc1. The van der Waals surface area contributed by atoms with E-state index in [0.29, 0.717) is 17.2 Å². The third-order valence-electron chi connectivity index (χ3n) is 4.22. The van der Waals surface area contributed by atoms with Crippen molar-refractivity contribution in [3.05, 3.63) is 65.7 Å². The predicted molar refractivity (Wildman–Crippen MR) is 98.4 cm³/mol. The average Bonchev–Trinajstić information content (AvgIpc) is 3.12. The van der Waals surface area contributed by atoms with Gasteiger partial charge in [0.15, 0.2) is 0 Å². The molecule has 2 atom stereocenters. The summed E-state index contributed by atoms with van der Waals surface area (Å²) in [4.78, 5) is 26.9. The molecular weight excluding hydrogens is 336 g/mol. The molecule has 25 heavy (non-hydrogen) atoms. The van der Waals surface area contributed by atoms with Gasteiger partial charge >= 0.3 is 0 Å². The minimum atomic E-state index is -0.488. The minimum Gasteiger partial charge on any atom is -0.508 e.